The summed E-state index contributed by atoms with van der Waals surface area (Å²) in [6.07, 6.45) is 1.71. The normalized spacial score (nSPS) is 11.8. The highest BCUT2D eigenvalue weighted by Crippen LogP contribution is 2.32. The fourth-order valence-electron chi connectivity index (χ4n) is 1.50. The van der Waals surface area contributed by atoms with Crippen LogP contribution in [0.2, 0.25) is 10.0 Å². The number of H-pyrrole nitrogens is 1. The van der Waals surface area contributed by atoms with Gasteiger partial charge in [-0.1, -0.05) is 35.3 Å². The first-order valence-corrected chi connectivity index (χ1v) is 5.94. The van der Waals surface area contributed by atoms with Gasteiger partial charge in [-0.15, -0.1) is 0 Å². The number of aromatic nitrogens is 2. The van der Waals surface area contributed by atoms with Gasteiger partial charge in [-0.05, 0) is 19.9 Å². The van der Waals surface area contributed by atoms with Gasteiger partial charge in [-0.2, -0.15) is 0 Å². The lowest BCUT2D eigenvalue weighted by atomic mass is 10.1. The predicted molar refractivity (Wildman–Crippen MR) is 71.3 cm³/mol. The molecular weight excluding hydrogens is 257 g/mol. The molecule has 0 atom stereocenters. The summed E-state index contributed by atoms with van der Waals surface area (Å²) < 4.78 is 0. The zero-order valence-electron chi connectivity index (χ0n) is 9.59. The van der Waals surface area contributed by atoms with Crippen molar-refractivity contribution in [1.29, 1.82) is 0 Å². The molecule has 0 radical (unpaired) electrons. The summed E-state index contributed by atoms with van der Waals surface area (Å²) in [6.45, 7) is 3.77. The average molecular weight is 270 g/mol. The number of nitrogens with one attached hydrogen (secondary N) is 1. The Kier molecular flexibility index (Phi) is 3.17. The Balaban J connectivity index is 2.48. The summed E-state index contributed by atoms with van der Waals surface area (Å²) in [5, 5.41) is 1.03. The molecule has 1 aromatic heterocycles. The molecule has 0 amide bonds. The van der Waals surface area contributed by atoms with Crippen molar-refractivity contribution >= 4 is 23.2 Å². The SMILES string of the molecule is CC(C)(N)c1ncc(-c2cccc(Cl)c2Cl)[nH]1. The van der Waals surface area contributed by atoms with E-state index >= 15 is 0 Å². The molecule has 0 aliphatic heterocycles. The summed E-state index contributed by atoms with van der Waals surface area (Å²) >= 11 is 12.1. The van der Waals surface area contributed by atoms with E-state index in [2.05, 4.69) is 9.97 Å². The smallest absolute Gasteiger partial charge is 0.126 e. The first kappa shape index (κ1) is 12.4. The second-order valence-electron chi connectivity index (χ2n) is 4.47. The van der Waals surface area contributed by atoms with Gasteiger partial charge in [0.1, 0.15) is 5.82 Å². The van der Waals surface area contributed by atoms with Crippen molar-refractivity contribution in [1.82, 2.24) is 9.97 Å². The molecule has 0 aliphatic rings. The van der Waals surface area contributed by atoms with E-state index < -0.39 is 5.54 Å². The van der Waals surface area contributed by atoms with E-state index in [0.29, 0.717) is 15.9 Å². The van der Waals surface area contributed by atoms with Gasteiger partial charge in [-0.3, -0.25) is 0 Å². The summed E-state index contributed by atoms with van der Waals surface area (Å²) in [6, 6.07) is 5.48. The number of aromatic amines is 1. The van der Waals surface area contributed by atoms with Crippen molar-refractivity contribution in [3.8, 4) is 11.3 Å². The molecule has 0 saturated carbocycles. The fourth-order valence-corrected chi connectivity index (χ4v) is 1.90. The van der Waals surface area contributed by atoms with Crippen LogP contribution < -0.4 is 5.73 Å². The van der Waals surface area contributed by atoms with Crippen molar-refractivity contribution in [2.45, 2.75) is 19.4 Å². The second kappa shape index (κ2) is 4.33. The molecule has 0 fully saturated rings. The highest BCUT2D eigenvalue weighted by Gasteiger charge is 2.19. The first-order chi connectivity index (χ1) is 7.89. The third kappa shape index (κ3) is 2.46. The molecule has 1 aromatic carbocycles. The molecule has 0 bridgehead atoms. The van der Waals surface area contributed by atoms with Crippen LogP contribution in [0.5, 0.6) is 0 Å². The van der Waals surface area contributed by atoms with Crippen LogP contribution in [0.1, 0.15) is 19.7 Å². The van der Waals surface area contributed by atoms with Gasteiger partial charge < -0.3 is 10.7 Å². The van der Waals surface area contributed by atoms with E-state index in [0.717, 1.165) is 11.3 Å². The zero-order valence-corrected chi connectivity index (χ0v) is 11.1. The molecule has 2 rings (SSSR count). The highest BCUT2D eigenvalue weighted by molar-refractivity contribution is 6.43. The van der Waals surface area contributed by atoms with Gasteiger partial charge in [0.25, 0.3) is 0 Å². The second-order valence-corrected chi connectivity index (χ2v) is 5.25. The maximum atomic E-state index is 6.14. The minimum Gasteiger partial charge on any atom is -0.340 e. The maximum absolute atomic E-state index is 6.14. The molecule has 90 valence electrons. The van der Waals surface area contributed by atoms with Gasteiger partial charge in [0.15, 0.2) is 0 Å². The molecule has 0 unspecified atom stereocenters. The summed E-state index contributed by atoms with van der Waals surface area (Å²) in [5.74, 6) is 0.712. The van der Waals surface area contributed by atoms with Crippen molar-refractivity contribution in [3.05, 3.63) is 40.3 Å². The quantitative estimate of drug-likeness (QED) is 0.876. The maximum Gasteiger partial charge on any atom is 0.126 e. The molecule has 3 nitrogen and oxygen atoms in total. The third-order valence-corrected chi connectivity index (χ3v) is 3.25. The first-order valence-electron chi connectivity index (χ1n) is 5.18. The van der Waals surface area contributed by atoms with Crippen LogP contribution in [0.3, 0.4) is 0 Å². The molecular formula is C12H13Cl2N3. The molecule has 1 heterocycles. The fraction of sp³-hybridized carbons (Fsp3) is 0.250. The van der Waals surface area contributed by atoms with E-state index in [-0.39, 0.29) is 0 Å². The van der Waals surface area contributed by atoms with Gasteiger partial charge in [0.05, 0.1) is 27.5 Å². The number of hydrogen-bond donors (Lipinski definition) is 2. The van der Waals surface area contributed by atoms with E-state index in [9.17, 15) is 0 Å². The standard InChI is InChI=1S/C12H13Cl2N3/c1-12(2,15)11-16-6-9(17-11)7-4-3-5-8(13)10(7)14/h3-6H,15H2,1-2H3,(H,16,17). The zero-order chi connectivity index (χ0) is 12.6. The lowest BCUT2D eigenvalue weighted by Crippen LogP contribution is -2.30. The van der Waals surface area contributed by atoms with Crippen LogP contribution in [-0.4, -0.2) is 9.97 Å². The average Bonchev–Trinajstić information content (AvgIpc) is 2.70. The topological polar surface area (TPSA) is 54.7 Å². The molecule has 3 N–H and O–H groups in total. The number of nitrogens with two attached hydrogens (primary N) is 1. The van der Waals surface area contributed by atoms with Gasteiger partial charge >= 0.3 is 0 Å². The van der Waals surface area contributed by atoms with Crippen LogP contribution in [0, 0.1) is 0 Å². The molecule has 0 spiro atoms. The summed E-state index contributed by atoms with van der Waals surface area (Å²) in [7, 11) is 0. The van der Waals surface area contributed by atoms with E-state index in [4.69, 9.17) is 28.9 Å². The van der Waals surface area contributed by atoms with Crippen LogP contribution >= 0.6 is 23.2 Å². The van der Waals surface area contributed by atoms with Crippen molar-refractivity contribution in [3.63, 3.8) is 0 Å². The van der Waals surface area contributed by atoms with Crippen molar-refractivity contribution < 1.29 is 0 Å². The number of benzene rings is 1. The molecule has 17 heavy (non-hydrogen) atoms. The Morgan fingerprint density at radius 2 is 2.00 bits per heavy atom. The third-order valence-electron chi connectivity index (χ3n) is 2.43. The van der Waals surface area contributed by atoms with Crippen LogP contribution in [0.15, 0.2) is 24.4 Å². The number of halogens is 2. The van der Waals surface area contributed by atoms with Crippen LogP contribution in [-0.2, 0) is 5.54 Å². The Hall–Kier alpha value is -1.03. The van der Waals surface area contributed by atoms with Crippen LogP contribution in [0.4, 0.5) is 0 Å². The Bertz CT molecular complexity index is 541. The van der Waals surface area contributed by atoms with Gasteiger partial charge in [0, 0.05) is 5.56 Å². The lowest BCUT2D eigenvalue weighted by molar-refractivity contribution is 0.520. The summed E-state index contributed by atoms with van der Waals surface area (Å²) in [5.41, 5.74) is 7.09. The van der Waals surface area contributed by atoms with E-state index in [1.807, 2.05) is 26.0 Å². The van der Waals surface area contributed by atoms with Gasteiger partial charge in [0.2, 0.25) is 0 Å². The van der Waals surface area contributed by atoms with Crippen molar-refractivity contribution in [2.75, 3.05) is 0 Å². The molecule has 0 saturated heterocycles. The molecule has 2 aromatic rings. The van der Waals surface area contributed by atoms with E-state index in [1.54, 1.807) is 12.3 Å². The highest BCUT2D eigenvalue weighted by atomic mass is 35.5. The van der Waals surface area contributed by atoms with Crippen molar-refractivity contribution in [2.24, 2.45) is 5.73 Å². The number of hydrogen-bond acceptors (Lipinski definition) is 2. The van der Waals surface area contributed by atoms with E-state index in [1.165, 1.54) is 0 Å². The minimum atomic E-state index is -0.511. The predicted octanol–water partition coefficient (Wildman–Crippen LogP) is 3.58. The Labute approximate surface area is 110 Å². The monoisotopic (exact) mass is 269 g/mol. The lowest BCUT2D eigenvalue weighted by Gasteiger charge is -2.14. The number of nitrogens with zero attached hydrogens (tertiary/aromatic N) is 1. The Morgan fingerprint density at radius 1 is 1.29 bits per heavy atom. The number of rotatable bonds is 2. The Morgan fingerprint density at radius 3 is 2.59 bits per heavy atom. The molecule has 0 aliphatic carbocycles. The van der Waals surface area contributed by atoms with Crippen LogP contribution in [0.25, 0.3) is 11.3 Å². The minimum absolute atomic E-state index is 0.511. The largest absolute Gasteiger partial charge is 0.340 e. The van der Waals surface area contributed by atoms with Gasteiger partial charge in [-0.25, -0.2) is 4.98 Å². The number of imidazole rings is 1. The molecule has 5 heteroatoms. The summed E-state index contributed by atoms with van der Waals surface area (Å²) in [4.78, 5) is 7.41.